The highest BCUT2D eigenvalue weighted by Crippen LogP contribution is 2.19. The molecule has 0 radical (unpaired) electrons. The van der Waals surface area contributed by atoms with E-state index in [0.717, 1.165) is 37.8 Å². The minimum absolute atomic E-state index is 0.234. The topological polar surface area (TPSA) is 90.9 Å². The minimum Gasteiger partial charge on any atom is -0.409 e. The summed E-state index contributed by atoms with van der Waals surface area (Å²) >= 11 is 0. The standard InChI is InChI=1S/C13H22N6O/c1-10-4-5-15-12(16-10)18-6-8-19(9-7-18)13(2,3)11(14)17-20/h4-5,20H,6-9H2,1-3H3,(H2,14,17). The molecule has 1 aromatic rings. The summed E-state index contributed by atoms with van der Waals surface area (Å²) in [6.45, 7) is 9.17. The van der Waals surface area contributed by atoms with Gasteiger partial charge in [0.25, 0.3) is 0 Å². The lowest BCUT2D eigenvalue weighted by Gasteiger charge is -2.43. The Bertz CT molecular complexity index is 493. The average molecular weight is 278 g/mol. The fourth-order valence-corrected chi connectivity index (χ4v) is 2.34. The lowest BCUT2D eigenvalue weighted by atomic mass is 10.0. The number of nitrogens with zero attached hydrogens (tertiary/aromatic N) is 5. The van der Waals surface area contributed by atoms with E-state index in [2.05, 4.69) is 24.9 Å². The van der Waals surface area contributed by atoms with Crippen molar-refractivity contribution in [3.63, 3.8) is 0 Å². The molecule has 110 valence electrons. The summed E-state index contributed by atoms with van der Waals surface area (Å²) in [6, 6.07) is 1.89. The molecule has 3 N–H and O–H groups in total. The molecule has 7 nitrogen and oxygen atoms in total. The van der Waals surface area contributed by atoms with Gasteiger partial charge in [0.1, 0.15) is 0 Å². The highest BCUT2D eigenvalue weighted by Gasteiger charge is 2.34. The van der Waals surface area contributed by atoms with Crippen molar-refractivity contribution < 1.29 is 5.21 Å². The maximum Gasteiger partial charge on any atom is 0.225 e. The Hall–Kier alpha value is -1.89. The van der Waals surface area contributed by atoms with Crippen LogP contribution in [-0.4, -0.2) is 57.6 Å². The molecule has 0 saturated carbocycles. The number of rotatable bonds is 3. The number of anilines is 1. The van der Waals surface area contributed by atoms with Crippen molar-refractivity contribution in [1.82, 2.24) is 14.9 Å². The zero-order valence-electron chi connectivity index (χ0n) is 12.2. The maximum absolute atomic E-state index is 8.87. The number of hydrogen-bond acceptors (Lipinski definition) is 6. The third-order valence-electron chi connectivity index (χ3n) is 3.87. The number of oxime groups is 1. The zero-order valence-corrected chi connectivity index (χ0v) is 12.2. The minimum atomic E-state index is -0.450. The van der Waals surface area contributed by atoms with Gasteiger partial charge in [-0.3, -0.25) is 4.90 Å². The van der Waals surface area contributed by atoms with Crippen LogP contribution < -0.4 is 10.6 Å². The predicted molar refractivity (Wildman–Crippen MR) is 78.0 cm³/mol. The van der Waals surface area contributed by atoms with Gasteiger partial charge in [-0.25, -0.2) is 9.97 Å². The molecule has 0 aliphatic carbocycles. The predicted octanol–water partition coefficient (Wildman–Crippen LogP) is 0.432. The normalized spacial score (nSPS) is 18.4. The second kappa shape index (κ2) is 5.62. The van der Waals surface area contributed by atoms with Gasteiger partial charge in [0.15, 0.2) is 5.84 Å². The fraction of sp³-hybridized carbons (Fsp3) is 0.615. The van der Waals surface area contributed by atoms with Crippen molar-refractivity contribution in [2.75, 3.05) is 31.1 Å². The highest BCUT2D eigenvalue weighted by atomic mass is 16.4. The van der Waals surface area contributed by atoms with Crippen molar-refractivity contribution in [3.8, 4) is 0 Å². The molecule has 2 rings (SSSR count). The lowest BCUT2D eigenvalue weighted by molar-refractivity contribution is 0.160. The molecule has 1 fully saturated rings. The fourth-order valence-electron chi connectivity index (χ4n) is 2.34. The van der Waals surface area contributed by atoms with E-state index < -0.39 is 5.54 Å². The van der Waals surface area contributed by atoms with E-state index in [9.17, 15) is 0 Å². The second-order valence-electron chi connectivity index (χ2n) is 5.52. The summed E-state index contributed by atoms with van der Waals surface area (Å²) in [4.78, 5) is 13.1. The molecule has 0 bridgehead atoms. The Morgan fingerprint density at radius 3 is 2.55 bits per heavy atom. The molecule has 1 aromatic heterocycles. The van der Waals surface area contributed by atoms with E-state index in [4.69, 9.17) is 10.9 Å². The van der Waals surface area contributed by atoms with Crippen molar-refractivity contribution in [1.29, 1.82) is 0 Å². The van der Waals surface area contributed by atoms with Crippen LogP contribution in [0.4, 0.5) is 5.95 Å². The van der Waals surface area contributed by atoms with Crippen LogP contribution in [0.25, 0.3) is 0 Å². The van der Waals surface area contributed by atoms with Crippen LogP contribution in [0, 0.1) is 6.92 Å². The van der Waals surface area contributed by atoms with Crippen molar-refractivity contribution in [2.24, 2.45) is 10.9 Å². The van der Waals surface area contributed by atoms with Gasteiger partial charge in [-0.15, -0.1) is 0 Å². The molecule has 2 heterocycles. The first-order valence-corrected chi connectivity index (χ1v) is 6.73. The van der Waals surface area contributed by atoms with Crippen molar-refractivity contribution in [3.05, 3.63) is 18.0 Å². The largest absolute Gasteiger partial charge is 0.409 e. The van der Waals surface area contributed by atoms with E-state index in [1.807, 2.05) is 26.8 Å². The first-order chi connectivity index (χ1) is 9.45. The third-order valence-corrected chi connectivity index (χ3v) is 3.87. The molecule has 1 saturated heterocycles. The molecule has 0 amide bonds. The third kappa shape index (κ3) is 2.82. The molecule has 20 heavy (non-hydrogen) atoms. The average Bonchev–Trinajstić information content (AvgIpc) is 2.46. The second-order valence-corrected chi connectivity index (χ2v) is 5.52. The monoisotopic (exact) mass is 278 g/mol. The molecule has 1 aliphatic rings. The maximum atomic E-state index is 8.87. The Morgan fingerprint density at radius 1 is 1.35 bits per heavy atom. The smallest absolute Gasteiger partial charge is 0.225 e. The van der Waals surface area contributed by atoms with Gasteiger partial charge >= 0.3 is 0 Å². The van der Waals surface area contributed by atoms with Crippen LogP contribution in [0.1, 0.15) is 19.5 Å². The number of hydrogen-bond donors (Lipinski definition) is 2. The van der Waals surface area contributed by atoms with E-state index in [1.54, 1.807) is 6.20 Å². The Morgan fingerprint density at radius 2 is 2.00 bits per heavy atom. The Balaban J connectivity index is 2.03. The summed E-state index contributed by atoms with van der Waals surface area (Å²) in [5, 5.41) is 12.0. The van der Waals surface area contributed by atoms with E-state index >= 15 is 0 Å². The Labute approximate surface area is 119 Å². The van der Waals surface area contributed by atoms with Crippen LogP contribution in [0.3, 0.4) is 0 Å². The van der Waals surface area contributed by atoms with Crippen LogP contribution >= 0.6 is 0 Å². The number of aryl methyl sites for hydroxylation is 1. The summed E-state index contributed by atoms with van der Waals surface area (Å²) in [5.41, 5.74) is 6.28. The molecular weight excluding hydrogens is 256 g/mol. The van der Waals surface area contributed by atoms with Gasteiger partial charge < -0.3 is 15.8 Å². The Kier molecular flexibility index (Phi) is 4.08. The molecule has 1 aliphatic heterocycles. The molecular formula is C13H22N6O. The lowest BCUT2D eigenvalue weighted by Crippen LogP contribution is -2.60. The molecule has 7 heteroatoms. The summed E-state index contributed by atoms with van der Waals surface area (Å²) in [5.74, 6) is 1.00. The van der Waals surface area contributed by atoms with Gasteiger partial charge in [-0.2, -0.15) is 0 Å². The van der Waals surface area contributed by atoms with Crippen molar-refractivity contribution in [2.45, 2.75) is 26.3 Å². The SMILES string of the molecule is Cc1ccnc(N2CCN(C(C)(C)C(N)=NO)CC2)n1. The van der Waals surface area contributed by atoms with Crippen LogP contribution in [-0.2, 0) is 0 Å². The number of piperazine rings is 1. The van der Waals surface area contributed by atoms with E-state index in [-0.39, 0.29) is 5.84 Å². The van der Waals surface area contributed by atoms with Crippen LogP contribution in [0.15, 0.2) is 17.4 Å². The molecule has 0 atom stereocenters. The molecule has 0 spiro atoms. The van der Waals surface area contributed by atoms with Gasteiger partial charge in [-0.05, 0) is 26.8 Å². The van der Waals surface area contributed by atoms with Crippen LogP contribution in [0.2, 0.25) is 0 Å². The van der Waals surface area contributed by atoms with Gasteiger partial charge in [-0.1, -0.05) is 5.16 Å². The summed E-state index contributed by atoms with van der Waals surface area (Å²) < 4.78 is 0. The number of aromatic nitrogens is 2. The van der Waals surface area contributed by atoms with Crippen molar-refractivity contribution >= 4 is 11.8 Å². The summed E-state index contributed by atoms with van der Waals surface area (Å²) in [6.07, 6.45) is 1.78. The molecule has 0 aromatic carbocycles. The first kappa shape index (κ1) is 14.5. The number of nitrogens with two attached hydrogens (primary N) is 1. The van der Waals surface area contributed by atoms with Gasteiger partial charge in [0, 0.05) is 38.1 Å². The van der Waals surface area contributed by atoms with E-state index in [1.165, 1.54) is 0 Å². The summed E-state index contributed by atoms with van der Waals surface area (Å²) in [7, 11) is 0. The number of amidine groups is 1. The quantitative estimate of drug-likeness (QED) is 0.361. The molecule has 0 unspecified atom stereocenters. The first-order valence-electron chi connectivity index (χ1n) is 6.73. The highest BCUT2D eigenvalue weighted by molar-refractivity contribution is 5.88. The van der Waals surface area contributed by atoms with E-state index in [0.29, 0.717) is 0 Å². The van der Waals surface area contributed by atoms with Gasteiger partial charge in [0.05, 0.1) is 5.54 Å². The van der Waals surface area contributed by atoms with Crippen LogP contribution in [0.5, 0.6) is 0 Å². The zero-order chi connectivity index (χ0) is 14.8. The van der Waals surface area contributed by atoms with Gasteiger partial charge in [0.2, 0.25) is 5.95 Å².